The Kier molecular flexibility index (Phi) is 3.02. The normalized spacial score (nSPS) is 26.5. The monoisotopic (exact) mass is 329 g/mol. The van der Waals surface area contributed by atoms with Crippen molar-refractivity contribution in [2.45, 2.75) is 12.1 Å². The van der Waals surface area contributed by atoms with Crippen molar-refractivity contribution in [1.82, 2.24) is 5.32 Å². The molecule has 1 aromatic carbocycles. The summed E-state index contributed by atoms with van der Waals surface area (Å²) in [6.07, 6.45) is 0. The fourth-order valence-corrected chi connectivity index (χ4v) is 4.99. The number of sulfone groups is 1. The van der Waals surface area contributed by atoms with E-state index in [9.17, 15) is 23.6 Å². The van der Waals surface area contributed by atoms with Crippen LogP contribution >= 0.6 is 12.2 Å². The van der Waals surface area contributed by atoms with Gasteiger partial charge in [0.2, 0.25) is 0 Å². The summed E-state index contributed by atoms with van der Waals surface area (Å²) in [4.78, 5) is 11.6. The van der Waals surface area contributed by atoms with Crippen molar-refractivity contribution < 1.29 is 18.4 Å². The lowest BCUT2D eigenvalue weighted by Gasteiger charge is -2.23. The molecule has 0 aliphatic carbocycles. The van der Waals surface area contributed by atoms with Gasteiger partial charge >= 0.3 is 0 Å². The molecule has 21 heavy (non-hydrogen) atoms. The lowest BCUT2D eigenvalue weighted by Crippen LogP contribution is -2.36. The van der Waals surface area contributed by atoms with E-state index in [-0.39, 0.29) is 34.7 Å². The lowest BCUT2D eigenvalue weighted by molar-refractivity contribution is -0.384. The Hall–Kier alpha value is -1.94. The second-order valence-corrected chi connectivity index (χ2v) is 7.54. The van der Waals surface area contributed by atoms with Crippen LogP contribution in [0.4, 0.5) is 11.4 Å². The van der Waals surface area contributed by atoms with Crippen molar-refractivity contribution in [1.29, 1.82) is 0 Å². The van der Waals surface area contributed by atoms with Crippen molar-refractivity contribution in [3.8, 4) is 5.75 Å². The molecule has 8 nitrogen and oxygen atoms in total. The number of rotatable bonds is 2. The third-order valence-electron chi connectivity index (χ3n) is 3.61. The molecule has 0 aromatic heterocycles. The largest absolute Gasteiger partial charge is 0.505 e. The number of aromatic hydroxyl groups is 1. The molecule has 2 atom stereocenters. The molecule has 2 heterocycles. The highest BCUT2D eigenvalue weighted by atomic mass is 32.2. The number of anilines is 1. The number of fused-ring (bicyclic) bond motifs is 1. The van der Waals surface area contributed by atoms with Gasteiger partial charge in [0.15, 0.2) is 14.9 Å². The van der Waals surface area contributed by atoms with E-state index >= 15 is 0 Å². The number of nitro groups is 1. The lowest BCUT2D eigenvalue weighted by atomic mass is 10.1. The highest BCUT2D eigenvalue weighted by molar-refractivity contribution is 7.91. The molecule has 0 spiro atoms. The number of phenols is 1. The summed E-state index contributed by atoms with van der Waals surface area (Å²) in [6, 6.07) is 2.91. The maximum atomic E-state index is 11.7. The summed E-state index contributed by atoms with van der Waals surface area (Å²) >= 11 is 5.17. The van der Waals surface area contributed by atoms with E-state index in [0.717, 1.165) is 6.07 Å². The minimum Gasteiger partial charge on any atom is -0.505 e. The van der Waals surface area contributed by atoms with E-state index in [2.05, 4.69) is 5.32 Å². The number of nitro benzene ring substituents is 1. The number of thiocarbonyl (C=S) groups is 1. The Balaban J connectivity index is 2.00. The minimum absolute atomic E-state index is 0.0119. The number of benzene rings is 1. The van der Waals surface area contributed by atoms with Crippen LogP contribution in [0.2, 0.25) is 0 Å². The third kappa shape index (κ3) is 2.29. The number of hydrogen-bond acceptors (Lipinski definition) is 6. The van der Waals surface area contributed by atoms with Crippen LogP contribution in [-0.2, 0) is 9.84 Å². The first kappa shape index (κ1) is 14.0. The maximum Gasteiger partial charge on any atom is 0.273 e. The second-order valence-electron chi connectivity index (χ2n) is 5.00. The van der Waals surface area contributed by atoms with Crippen LogP contribution in [0.3, 0.4) is 0 Å². The quantitative estimate of drug-likeness (QED) is 0.448. The number of hydrogen-bond donors (Lipinski definition) is 2. The molecule has 2 aliphatic heterocycles. The van der Waals surface area contributed by atoms with Crippen molar-refractivity contribution in [3.05, 3.63) is 28.3 Å². The fourth-order valence-electron chi connectivity index (χ4n) is 2.72. The van der Waals surface area contributed by atoms with Gasteiger partial charge in [-0.15, -0.1) is 0 Å². The zero-order chi connectivity index (χ0) is 15.4. The summed E-state index contributed by atoms with van der Waals surface area (Å²) in [5.74, 6) is -0.387. The molecular formula is C11H11N3O5S2. The molecule has 2 N–H and O–H groups in total. The zero-order valence-corrected chi connectivity index (χ0v) is 12.2. The summed E-state index contributed by atoms with van der Waals surface area (Å²) < 4.78 is 23.4. The summed E-state index contributed by atoms with van der Waals surface area (Å²) in [6.45, 7) is 0. The summed E-state index contributed by atoms with van der Waals surface area (Å²) in [5, 5.41) is 23.9. The Labute approximate surface area is 125 Å². The SMILES string of the molecule is O=[N+]([O-])c1ccc(N2C(=S)N[C@@H]3CS(=O)(=O)C[C@H]32)c(O)c1. The predicted molar refractivity (Wildman–Crippen MR) is 79.2 cm³/mol. The van der Waals surface area contributed by atoms with Gasteiger partial charge in [0.25, 0.3) is 5.69 Å². The number of nitrogens with one attached hydrogen (secondary N) is 1. The van der Waals surface area contributed by atoms with Gasteiger partial charge in [0.1, 0.15) is 5.75 Å². The molecule has 2 saturated heterocycles. The van der Waals surface area contributed by atoms with E-state index in [1.165, 1.54) is 17.0 Å². The zero-order valence-electron chi connectivity index (χ0n) is 10.6. The highest BCUT2D eigenvalue weighted by Gasteiger charge is 2.48. The molecule has 0 bridgehead atoms. The van der Waals surface area contributed by atoms with Gasteiger partial charge in [-0.3, -0.25) is 10.1 Å². The average molecular weight is 329 g/mol. The standard InChI is InChI=1S/C11H11N3O5S2/c15-10-3-6(14(16)17)1-2-8(10)13-9-5-21(18,19)4-7(9)12-11(13)20/h1-3,7,9,15H,4-5H2,(H,12,20)/t7-,9-/m1/s1. The molecule has 0 unspecified atom stereocenters. The highest BCUT2D eigenvalue weighted by Crippen LogP contribution is 2.36. The molecule has 0 radical (unpaired) electrons. The van der Waals surface area contributed by atoms with Crippen LogP contribution in [0.25, 0.3) is 0 Å². The first-order valence-corrected chi connectivity index (χ1v) is 8.29. The van der Waals surface area contributed by atoms with Crippen LogP contribution in [0.5, 0.6) is 5.75 Å². The number of nitrogens with zero attached hydrogens (tertiary/aromatic N) is 2. The molecule has 0 saturated carbocycles. The Morgan fingerprint density at radius 1 is 1.43 bits per heavy atom. The van der Waals surface area contributed by atoms with E-state index in [1.54, 1.807) is 0 Å². The molecule has 2 aliphatic rings. The van der Waals surface area contributed by atoms with E-state index in [4.69, 9.17) is 12.2 Å². The molecule has 0 amide bonds. The molecule has 3 rings (SSSR count). The van der Waals surface area contributed by atoms with Crippen molar-refractivity contribution in [2.75, 3.05) is 16.4 Å². The maximum absolute atomic E-state index is 11.7. The predicted octanol–water partition coefficient (Wildman–Crippen LogP) is 0.160. The average Bonchev–Trinajstić information content (AvgIpc) is 2.80. The summed E-state index contributed by atoms with van der Waals surface area (Å²) in [5.41, 5.74) is 0.0209. The second kappa shape index (κ2) is 4.53. The van der Waals surface area contributed by atoms with Crippen molar-refractivity contribution >= 4 is 38.5 Å². The first-order chi connectivity index (χ1) is 9.78. The number of non-ortho nitro benzene ring substituents is 1. The van der Waals surface area contributed by atoms with E-state index in [1.807, 2.05) is 0 Å². The minimum atomic E-state index is -3.16. The molecule has 2 fully saturated rings. The molecule has 112 valence electrons. The van der Waals surface area contributed by atoms with E-state index < -0.39 is 20.8 Å². The molecule has 1 aromatic rings. The van der Waals surface area contributed by atoms with Crippen LogP contribution in [0.15, 0.2) is 18.2 Å². The smallest absolute Gasteiger partial charge is 0.273 e. The van der Waals surface area contributed by atoms with Crippen LogP contribution in [0, 0.1) is 10.1 Å². The Morgan fingerprint density at radius 3 is 2.76 bits per heavy atom. The van der Waals surface area contributed by atoms with Gasteiger partial charge in [-0.2, -0.15) is 0 Å². The van der Waals surface area contributed by atoms with Crippen LogP contribution in [-0.4, -0.2) is 47.1 Å². The fraction of sp³-hybridized carbons (Fsp3) is 0.364. The Morgan fingerprint density at radius 2 is 2.14 bits per heavy atom. The van der Waals surface area contributed by atoms with Crippen molar-refractivity contribution in [2.24, 2.45) is 0 Å². The van der Waals surface area contributed by atoms with E-state index in [0.29, 0.717) is 5.11 Å². The van der Waals surface area contributed by atoms with Gasteiger partial charge in [-0.1, -0.05) is 0 Å². The Bertz CT molecular complexity index is 748. The molecule has 10 heteroatoms. The topological polar surface area (TPSA) is 113 Å². The third-order valence-corrected chi connectivity index (χ3v) is 5.64. The van der Waals surface area contributed by atoms with Gasteiger partial charge in [0, 0.05) is 6.07 Å². The number of phenolic OH excluding ortho intramolecular Hbond substituents is 1. The summed E-state index contributed by atoms with van der Waals surface area (Å²) in [7, 11) is -3.16. The molecular weight excluding hydrogens is 318 g/mol. The van der Waals surface area contributed by atoms with Gasteiger partial charge in [0.05, 0.1) is 40.3 Å². The van der Waals surface area contributed by atoms with Gasteiger partial charge < -0.3 is 15.3 Å². The van der Waals surface area contributed by atoms with Gasteiger partial charge in [-0.05, 0) is 18.3 Å². The first-order valence-electron chi connectivity index (χ1n) is 6.06. The van der Waals surface area contributed by atoms with Crippen LogP contribution < -0.4 is 10.2 Å². The van der Waals surface area contributed by atoms with Crippen molar-refractivity contribution in [3.63, 3.8) is 0 Å². The van der Waals surface area contributed by atoms with Gasteiger partial charge in [-0.25, -0.2) is 8.42 Å². The van der Waals surface area contributed by atoms with Crippen LogP contribution in [0.1, 0.15) is 0 Å².